The van der Waals surface area contributed by atoms with E-state index in [1.54, 1.807) is 18.7 Å². The van der Waals surface area contributed by atoms with E-state index in [4.69, 9.17) is 4.42 Å². The first-order chi connectivity index (χ1) is 6.29. The summed E-state index contributed by atoms with van der Waals surface area (Å²) >= 11 is 1.19. The molecule has 2 heterocycles. The smallest absolute Gasteiger partial charge is 0.120 e. The van der Waals surface area contributed by atoms with Crippen LogP contribution in [-0.2, 0) is 0 Å². The Kier molecular flexibility index (Phi) is 2.12. The lowest BCUT2D eigenvalue weighted by Gasteiger charge is -2.04. The monoisotopic (exact) mass is 196 g/mol. The third-order valence-electron chi connectivity index (χ3n) is 1.84. The standard InChI is InChI=1S/C8H8N2O2S/c1-5-3-12-4-6(5)8(11)7-2-9-10-13-7/h2-4,8,11H,1H3. The zero-order valence-electron chi connectivity index (χ0n) is 6.97. The molecule has 0 radical (unpaired) electrons. The summed E-state index contributed by atoms with van der Waals surface area (Å²) < 4.78 is 8.65. The SMILES string of the molecule is Cc1cocc1C(O)c1cnns1. The quantitative estimate of drug-likeness (QED) is 0.791. The van der Waals surface area contributed by atoms with E-state index in [9.17, 15) is 5.11 Å². The number of hydrogen-bond donors (Lipinski definition) is 1. The topological polar surface area (TPSA) is 59.2 Å². The number of rotatable bonds is 2. The minimum Gasteiger partial charge on any atom is -0.472 e. The van der Waals surface area contributed by atoms with Crippen LogP contribution in [0.15, 0.2) is 23.1 Å². The summed E-state index contributed by atoms with van der Waals surface area (Å²) in [5.74, 6) is 0. The van der Waals surface area contributed by atoms with Gasteiger partial charge in [0, 0.05) is 5.56 Å². The third kappa shape index (κ3) is 1.48. The van der Waals surface area contributed by atoms with Gasteiger partial charge in [0.25, 0.3) is 0 Å². The van der Waals surface area contributed by atoms with E-state index in [0.29, 0.717) is 0 Å². The van der Waals surface area contributed by atoms with Gasteiger partial charge in [-0.15, -0.1) is 5.10 Å². The molecule has 0 amide bonds. The molecule has 68 valence electrons. The number of aliphatic hydroxyl groups is 1. The highest BCUT2D eigenvalue weighted by atomic mass is 32.1. The second kappa shape index (κ2) is 3.27. The van der Waals surface area contributed by atoms with Crippen LogP contribution in [0.25, 0.3) is 0 Å². The molecule has 1 N–H and O–H groups in total. The van der Waals surface area contributed by atoms with E-state index in [-0.39, 0.29) is 0 Å². The normalized spacial score (nSPS) is 13.1. The maximum Gasteiger partial charge on any atom is 0.120 e. The number of aryl methyl sites for hydroxylation is 1. The van der Waals surface area contributed by atoms with E-state index in [0.717, 1.165) is 16.0 Å². The van der Waals surface area contributed by atoms with E-state index >= 15 is 0 Å². The van der Waals surface area contributed by atoms with Gasteiger partial charge in [-0.2, -0.15) is 0 Å². The molecule has 2 aromatic rings. The van der Waals surface area contributed by atoms with Crippen molar-refractivity contribution in [3.05, 3.63) is 34.7 Å². The average molecular weight is 196 g/mol. The van der Waals surface area contributed by atoms with Crippen molar-refractivity contribution in [2.24, 2.45) is 0 Å². The predicted molar refractivity (Wildman–Crippen MR) is 47.4 cm³/mol. The molecule has 2 rings (SSSR count). The molecule has 0 spiro atoms. The van der Waals surface area contributed by atoms with Crippen molar-refractivity contribution in [3.63, 3.8) is 0 Å². The lowest BCUT2D eigenvalue weighted by Crippen LogP contribution is -1.96. The second-order valence-electron chi connectivity index (χ2n) is 2.73. The van der Waals surface area contributed by atoms with Crippen LogP contribution in [-0.4, -0.2) is 14.7 Å². The van der Waals surface area contributed by atoms with Crippen molar-refractivity contribution in [1.82, 2.24) is 9.59 Å². The van der Waals surface area contributed by atoms with E-state index in [1.807, 2.05) is 6.92 Å². The fourth-order valence-corrected chi connectivity index (χ4v) is 1.61. The molecule has 0 aliphatic heterocycles. The largest absolute Gasteiger partial charge is 0.472 e. The zero-order valence-corrected chi connectivity index (χ0v) is 7.78. The summed E-state index contributed by atoms with van der Waals surface area (Å²) in [7, 11) is 0. The zero-order chi connectivity index (χ0) is 9.26. The molecular weight excluding hydrogens is 188 g/mol. The number of hydrogen-bond acceptors (Lipinski definition) is 5. The lowest BCUT2D eigenvalue weighted by atomic mass is 10.1. The number of aromatic nitrogens is 2. The maximum atomic E-state index is 9.82. The first-order valence-electron chi connectivity index (χ1n) is 3.77. The van der Waals surface area contributed by atoms with E-state index < -0.39 is 6.10 Å². The van der Waals surface area contributed by atoms with Gasteiger partial charge in [-0.1, -0.05) is 4.49 Å². The molecule has 1 atom stereocenters. The van der Waals surface area contributed by atoms with Crippen molar-refractivity contribution in [2.75, 3.05) is 0 Å². The van der Waals surface area contributed by atoms with Crippen LogP contribution >= 0.6 is 11.5 Å². The van der Waals surface area contributed by atoms with Crippen LogP contribution in [0.5, 0.6) is 0 Å². The summed E-state index contributed by atoms with van der Waals surface area (Å²) in [6.45, 7) is 1.89. The molecule has 5 heteroatoms. The van der Waals surface area contributed by atoms with E-state index in [1.165, 1.54) is 11.5 Å². The molecule has 13 heavy (non-hydrogen) atoms. The van der Waals surface area contributed by atoms with Gasteiger partial charge in [0.15, 0.2) is 0 Å². The van der Waals surface area contributed by atoms with Gasteiger partial charge in [0.05, 0.1) is 23.6 Å². The molecule has 0 aliphatic carbocycles. The first kappa shape index (κ1) is 8.40. The van der Waals surface area contributed by atoms with Crippen molar-refractivity contribution < 1.29 is 9.52 Å². The van der Waals surface area contributed by atoms with Gasteiger partial charge in [-0.3, -0.25) is 0 Å². The predicted octanol–water partition coefficient (Wildman–Crippen LogP) is 1.52. The van der Waals surface area contributed by atoms with Gasteiger partial charge in [-0.25, -0.2) is 0 Å². The average Bonchev–Trinajstić information content (AvgIpc) is 2.72. The molecule has 2 aromatic heterocycles. The summed E-state index contributed by atoms with van der Waals surface area (Å²) in [6.07, 6.45) is 4.04. The summed E-state index contributed by atoms with van der Waals surface area (Å²) in [5, 5.41) is 13.5. The highest BCUT2D eigenvalue weighted by Gasteiger charge is 2.16. The third-order valence-corrected chi connectivity index (χ3v) is 2.55. The number of furan rings is 1. The van der Waals surface area contributed by atoms with Crippen LogP contribution in [0, 0.1) is 6.92 Å². The van der Waals surface area contributed by atoms with Crippen molar-refractivity contribution in [1.29, 1.82) is 0 Å². The highest BCUT2D eigenvalue weighted by Crippen LogP contribution is 2.26. The fraction of sp³-hybridized carbons (Fsp3) is 0.250. The first-order valence-corrected chi connectivity index (χ1v) is 4.54. The number of nitrogens with zero attached hydrogens (tertiary/aromatic N) is 2. The Bertz CT molecular complexity index is 383. The Morgan fingerprint density at radius 3 is 2.92 bits per heavy atom. The number of aliphatic hydroxyl groups excluding tert-OH is 1. The molecule has 0 fully saturated rings. The van der Waals surface area contributed by atoms with Gasteiger partial charge < -0.3 is 9.52 Å². The van der Waals surface area contributed by atoms with Gasteiger partial charge in [0.2, 0.25) is 0 Å². The minimum absolute atomic E-state index is 0.668. The molecule has 0 saturated heterocycles. The van der Waals surface area contributed by atoms with Crippen molar-refractivity contribution in [3.8, 4) is 0 Å². The molecular formula is C8H8N2O2S. The molecule has 0 aliphatic rings. The Morgan fingerprint density at radius 1 is 1.54 bits per heavy atom. The van der Waals surface area contributed by atoms with Crippen molar-refractivity contribution >= 4 is 11.5 Å². The van der Waals surface area contributed by atoms with Gasteiger partial charge >= 0.3 is 0 Å². The Morgan fingerprint density at radius 2 is 2.38 bits per heavy atom. The molecule has 1 unspecified atom stereocenters. The highest BCUT2D eigenvalue weighted by molar-refractivity contribution is 7.05. The van der Waals surface area contributed by atoms with Crippen LogP contribution in [0.3, 0.4) is 0 Å². The molecule has 0 bridgehead atoms. The summed E-state index contributed by atoms with van der Waals surface area (Å²) in [4.78, 5) is 0.726. The van der Waals surface area contributed by atoms with Crippen LogP contribution < -0.4 is 0 Å². The Labute approximate surface area is 79.0 Å². The molecule has 0 saturated carbocycles. The van der Waals surface area contributed by atoms with Gasteiger partial charge in [0.1, 0.15) is 6.10 Å². The summed E-state index contributed by atoms with van der Waals surface area (Å²) in [6, 6.07) is 0. The summed E-state index contributed by atoms with van der Waals surface area (Å²) in [5.41, 5.74) is 1.70. The second-order valence-corrected chi connectivity index (χ2v) is 3.55. The lowest BCUT2D eigenvalue weighted by molar-refractivity contribution is 0.222. The maximum absolute atomic E-state index is 9.82. The van der Waals surface area contributed by atoms with Crippen LogP contribution in [0.2, 0.25) is 0 Å². The van der Waals surface area contributed by atoms with Gasteiger partial charge in [-0.05, 0) is 24.0 Å². The molecule has 4 nitrogen and oxygen atoms in total. The minimum atomic E-state index is -0.668. The van der Waals surface area contributed by atoms with Crippen LogP contribution in [0.1, 0.15) is 22.1 Å². The Hall–Kier alpha value is -1.20. The van der Waals surface area contributed by atoms with Crippen molar-refractivity contribution in [2.45, 2.75) is 13.0 Å². The fourth-order valence-electron chi connectivity index (χ4n) is 1.10. The van der Waals surface area contributed by atoms with E-state index in [2.05, 4.69) is 9.59 Å². The van der Waals surface area contributed by atoms with Crippen LogP contribution in [0.4, 0.5) is 0 Å². The Balaban J connectivity index is 2.33. The molecule has 0 aromatic carbocycles.